The number of amides is 1. The first-order chi connectivity index (χ1) is 13.6. The molecule has 28 heavy (non-hydrogen) atoms. The van der Waals surface area contributed by atoms with E-state index in [1.54, 1.807) is 4.90 Å². The van der Waals surface area contributed by atoms with Crippen molar-refractivity contribution in [2.75, 3.05) is 32.8 Å². The van der Waals surface area contributed by atoms with Gasteiger partial charge in [0.2, 0.25) is 0 Å². The molecule has 4 N–H and O–H groups in total. The van der Waals surface area contributed by atoms with Gasteiger partial charge in [-0.15, -0.1) is 0 Å². The first kappa shape index (κ1) is 20.8. The van der Waals surface area contributed by atoms with Crippen LogP contribution in [0, 0.1) is 0 Å². The van der Waals surface area contributed by atoms with Gasteiger partial charge in [-0.2, -0.15) is 0 Å². The van der Waals surface area contributed by atoms with E-state index in [9.17, 15) is 4.79 Å². The molecule has 150 valence electrons. The predicted molar refractivity (Wildman–Crippen MR) is 110 cm³/mol. The molecule has 1 aliphatic rings. The number of halogens is 1. The lowest BCUT2D eigenvalue weighted by Gasteiger charge is -2.23. The number of morpholine rings is 1. The highest BCUT2D eigenvalue weighted by atomic mass is 35.5. The zero-order valence-corrected chi connectivity index (χ0v) is 17.2. The van der Waals surface area contributed by atoms with Gasteiger partial charge in [-0.05, 0) is 18.6 Å². The fraction of sp³-hybridized carbons (Fsp3) is 0.409. The summed E-state index contributed by atoms with van der Waals surface area (Å²) in [5.74, 6) is 0.0285. The molecule has 3 rings (SSSR count). The number of quaternary nitrogens is 2. The highest BCUT2D eigenvalue weighted by molar-refractivity contribution is 6.31. The lowest BCUT2D eigenvalue weighted by molar-refractivity contribution is -0.921. The van der Waals surface area contributed by atoms with Crippen molar-refractivity contribution in [3.8, 4) is 0 Å². The largest absolute Gasteiger partial charge is 0.370 e. The van der Waals surface area contributed by atoms with Gasteiger partial charge in [-0.3, -0.25) is 4.79 Å². The normalized spacial score (nSPS) is 15.9. The molecule has 1 saturated heterocycles. The van der Waals surface area contributed by atoms with E-state index in [2.05, 4.69) is 36.5 Å². The Morgan fingerprint density at radius 2 is 1.82 bits per heavy atom. The second-order valence-corrected chi connectivity index (χ2v) is 7.79. The van der Waals surface area contributed by atoms with Crippen LogP contribution in [0.4, 0.5) is 0 Å². The molecular weight excluding hydrogens is 374 g/mol. The molecule has 2 aromatic carbocycles. The Bertz CT molecular complexity index is 761. The van der Waals surface area contributed by atoms with Crippen LogP contribution in [-0.4, -0.2) is 38.8 Å². The van der Waals surface area contributed by atoms with Crippen LogP contribution in [0.2, 0.25) is 5.02 Å². The number of hydrogen-bond donors (Lipinski definition) is 3. The van der Waals surface area contributed by atoms with E-state index in [0.29, 0.717) is 13.1 Å². The molecule has 0 saturated carbocycles. The molecule has 6 heteroatoms. The fourth-order valence-electron chi connectivity index (χ4n) is 3.43. The van der Waals surface area contributed by atoms with Crippen LogP contribution in [0.3, 0.4) is 0 Å². The maximum Gasteiger partial charge on any atom is 0.275 e. The smallest absolute Gasteiger partial charge is 0.275 e. The third-order valence-electron chi connectivity index (χ3n) is 5.22. The molecule has 0 radical (unpaired) electrons. The zero-order chi connectivity index (χ0) is 19.8. The van der Waals surface area contributed by atoms with Crippen LogP contribution in [0.25, 0.3) is 0 Å². The van der Waals surface area contributed by atoms with E-state index >= 15 is 0 Å². The van der Waals surface area contributed by atoms with Crippen molar-refractivity contribution in [3.05, 3.63) is 70.2 Å². The lowest BCUT2D eigenvalue weighted by atomic mass is 10.1. The highest BCUT2D eigenvalue weighted by Crippen LogP contribution is 2.19. The number of nitrogens with two attached hydrogens (primary N) is 1. The highest BCUT2D eigenvalue weighted by Gasteiger charge is 2.15. The maximum atomic E-state index is 12.2. The maximum absolute atomic E-state index is 12.2. The summed E-state index contributed by atoms with van der Waals surface area (Å²) >= 11 is 6.22. The Morgan fingerprint density at radius 1 is 1.14 bits per heavy atom. The standard InChI is InChI=1S/C22H28ClN3O2/c1-17(20-4-2-3-5-21(20)23)24-15-22(27)25-14-18-6-8-19(9-7-18)16-26-10-12-28-13-11-26/h2-9,17,24H,10-16H2,1H3,(H,25,27)/p+2/t17-/m0/s1. The Hall–Kier alpha value is -1.92. The first-order valence-corrected chi connectivity index (χ1v) is 10.3. The molecule has 0 spiro atoms. The van der Waals surface area contributed by atoms with Crippen molar-refractivity contribution >= 4 is 17.5 Å². The minimum Gasteiger partial charge on any atom is -0.370 e. The predicted octanol–water partition coefficient (Wildman–Crippen LogP) is 0.696. The van der Waals surface area contributed by atoms with Gasteiger partial charge in [-0.25, -0.2) is 0 Å². The van der Waals surface area contributed by atoms with Crippen LogP contribution in [-0.2, 0) is 22.6 Å². The van der Waals surface area contributed by atoms with Crippen molar-refractivity contribution in [1.29, 1.82) is 0 Å². The molecule has 0 bridgehead atoms. The summed E-state index contributed by atoms with van der Waals surface area (Å²) in [5, 5.41) is 5.74. The average molecular weight is 404 g/mol. The molecule has 1 aliphatic heterocycles. The van der Waals surface area contributed by atoms with Gasteiger partial charge in [0.05, 0.1) is 13.2 Å². The van der Waals surface area contributed by atoms with Crippen LogP contribution in [0.1, 0.15) is 29.7 Å². The SMILES string of the molecule is C[C@H]([NH2+]CC(=O)NCc1ccc(C[NH+]2CCOCC2)cc1)c1ccccc1Cl. The molecule has 1 fully saturated rings. The van der Waals surface area contributed by atoms with E-state index in [-0.39, 0.29) is 11.9 Å². The van der Waals surface area contributed by atoms with Crippen molar-refractivity contribution in [3.63, 3.8) is 0 Å². The number of hydrogen-bond acceptors (Lipinski definition) is 2. The van der Waals surface area contributed by atoms with E-state index in [1.165, 1.54) is 5.56 Å². The van der Waals surface area contributed by atoms with Gasteiger partial charge in [0.1, 0.15) is 25.7 Å². The second-order valence-electron chi connectivity index (χ2n) is 7.38. The molecule has 1 heterocycles. The van der Waals surface area contributed by atoms with Crippen LogP contribution in [0.5, 0.6) is 0 Å². The van der Waals surface area contributed by atoms with Gasteiger partial charge in [0.25, 0.3) is 5.91 Å². The zero-order valence-electron chi connectivity index (χ0n) is 16.4. The molecular formula is C22H30ClN3O2+2. The Balaban J connectivity index is 1.40. The Labute approximate surface area is 172 Å². The number of nitrogens with one attached hydrogen (secondary N) is 2. The van der Waals surface area contributed by atoms with Gasteiger partial charge in [-0.1, -0.05) is 54.1 Å². The van der Waals surface area contributed by atoms with Crippen LogP contribution >= 0.6 is 11.6 Å². The molecule has 0 unspecified atom stereocenters. The summed E-state index contributed by atoms with van der Waals surface area (Å²) in [7, 11) is 0. The Kier molecular flexibility index (Phi) is 7.86. The molecule has 2 aromatic rings. The van der Waals surface area contributed by atoms with Gasteiger partial charge < -0.3 is 20.3 Å². The summed E-state index contributed by atoms with van der Waals surface area (Å²) < 4.78 is 5.41. The summed E-state index contributed by atoms with van der Waals surface area (Å²) in [6.45, 7) is 7.87. The summed E-state index contributed by atoms with van der Waals surface area (Å²) in [6.07, 6.45) is 0. The van der Waals surface area contributed by atoms with E-state index in [0.717, 1.165) is 49.0 Å². The van der Waals surface area contributed by atoms with Crippen molar-refractivity contribution in [2.45, 2.75) is 26.1 Å². The minimum atomic E-state index is 0.0285. The molecule has 0 aliphatic carbocycles. The number of benzene rings is 2. The van der Waals surface area contributed by atoms with E-state index < -0.39 is 0 Å². The van der Waals surface area contributed by atoms with Crippen molar-refractivity contribution in [1.82, 2.24) is 5.32 Å². The lowest BCUT2D eigenvalue weighted by Crippen LogP contribution is -3.12. The third kappa shape index (κ3) is 6.31. The summed E-state index contributed by atoms with van der Waals surface area (Å²) in [6, 6.07) is 16.4. The number of carbonyl (C=O) groups is 1. The topological polar surface area (TPSA) is 59.4 Å². The monoisotopic (exact) mass is 403 g/mol. The number of ether oxygens (including phenoxy) is 1. The summed E-state index contributed by atoms with van der Waals surface area (Å²) in [5.41, 5.74) is 3.50. The number of carbonyl (C=O) groups excluding carboxylic acids is 1. The second kappa shape index (κ2) is 10.6. The first-order valence-electron chi connectivity index (χ1n) is 9.95. The quantitative estimate of drug-likeness (QED) is 0.607. The molecule has 1 atom stereocenters. The van der Waals surface area contributed by atoms with Crippen molar-refractivity contribution < 1.29 is 19.7 Å². The van der Waals surface area contributed by atoms with Gasteiger partial charge in [0, 0.05) is 22.7 Å². The summed E-state index contributed by atoms with van der Waals surface area (Å²) in [4.78, 5) is 13.7. The van der Waals surface area contributed by atoms with Gasteiger partial charge >= 0.3 is 0 Å². The fourth-order valence-corrected chi connectivity index (χ4v) is 3.74. The third-order valence-corrected chi connectivity index (χ3v) is 5.56. The molecule has 1 amide bonds. The minimum absolute atomic E-state index is 0.0285. The average Bonchev–Trinajstić information content (AvgIpc) is 2.72. The van der Waals surface area contributed by atoms with E-state index in [1.807, 2.05) is 29.6 Å². The Morgan fingerprint density at radius 3 is 2.54 bits per heavy atom. The molecule has 5 nitrogen and oxygen atoms in total. The number of rotatable bonds is 8. The van der Waals surface area contributed by atoms with Gasteiger partial charge in [0.15, 0.2) is 6.54 Å². The van der Waals surface area contributed by atoms with Crippen molar-refractivity contribution in [2.24, 2.45) is 0 Å². The van der Waals surface area contributed by atoms with Crippen LogP contribution in [0.15, 0.2) is 48.5 Å². The van der Waals surface area contributed by atoms with E-state index in [4.69, 9.17) is 16.3 Å². The van der Waals surface area contributed by atoms with Crippen LogP contribution < -0.4 is 15.5 Å². The molecule has 0 aromatic heterocycles.